The summed E-state index contributed by atoms with van der Waals surface area (Å²) in [5, 5.41) is 11.7. The van der Waals surface area contributed by atoms with Crippen LogP contribution in [0.2, 0.25) is 5.02 Å². The highest BCUT2D eigenvalue weighted by Crippen LogP contribution is 2.43. The fourth-order valence-electron chi connectivity index (χ4n) is 3.90. The molecule has 2 aromatic carbocycles. The summed E-state index contributed by atoms with van der Waals surface area (Å²) in [4.78, 5) is 32.2. The Bertz CT molecular complexity index is 1250. The molecule has 4 rings (SSSR count). The van der Waals surface area contributed by atoms with E-state index in [1.54, 1.807) is 73.8 Å². The zero-order valence-electron chi connectivity index (χ0n) is 18.4. The number of amides is 1. The lowest BCUT2D eigenvalue weighted by Crippen LogP contribution is -2.30. The van der Waals surface area contributed by atoms with Gasteiger partial charge in [0.25, 0.3) is 11.7 Å². The zero-order valence-corrected chi connectivity index (χ0v) is 19.2. The number of carbonyl (C=O) groups excluding carboxylic acids is 2. The summed E-state index contributed by atoms with van der Waals surface area (Å²) >= 11 is 6.31. The molecule has 1 N–H and O–H groups in total. The summed E-state index contributed by atoms with van der Waals surface area (Å²) in [5.74, 6) is -1.30. The largest absolute Gasteiger partial charge is 0.507 e. The standard InChI is InChI=1S/C26H23ClN2O4/c1-15(2)33-18-9-6-8-17(14-18)24(30)22-23(20-11-4-5-13-28-20)29(26(32)25(22)31)21-12-7-10-19(27)16(21)3/h4-15,23,30H,1-3H3/b24-22+. The van der Waals surface area contributed by atoms with Gasteiger partial charge in [-0.25, -0.2) is 0 Å². The highest BCUT2D eigenvalue weighted by molar-refractivity contribution is 6.52. The van der Waals surface area contributed by atoms with Crippen molar-refractivity contribution in [3.05, 3.63) is 94.3 Å². The second kappa shape index (κ2) is 9.08. The molecule has 2 heterocycles. The van der Waals surface area contributed by atoms with E-state index in [9.17, 15) is 14.7 Å². The number of aromatic nitrogens is 1. The van der Waals surface area contributed by atoms with E-state index in [4.69, 9.17) is 16.3 Å². The Kier molecular flexibility index (Phi) is 6.20. The Morgan fingerprint density at radius 3 is 2.55 bits per heavy atom. The molecular weight excluding hydrogens is 440 g/mol. The molecule has 1 atom stereocenters. The van der Waals surface area contributed by atoms with Gasteiger partial charge in [-0.3, -0.25) is 19.5 Å². The molecule has 168 valence electrons. The first-order chi connectivity index (χ1) is 15.8. The van der Waals surface area contributed by atoms with Gasteiger partial charge in [0.15, 0.2) is 0 Å². The fraction of sp³-hybridized carbons (Fsp3) is 0.192. The molecule has 7 heteroatoms. The maximum atomic E-state index is 13.2. The van der Waals surface area contributed by atoms with Crippen molar-refractivity contribution in [1.29, 1.82) is 0 Å². The number of hydrogen-bond acceptors (Lipinski definition) is 5. The second-order valence-corrected chi connectivity index (χ2v) is 8.41. The molecular formula is C26H23ClN2O4. The number of rotatable bonds is 5. The molecule has 1 unspecified atom stereocenters. The van der Waals surface area contributed by atoms with Crippen molar-refractivity contribution in [3.63, 3.8) is 0 Å². The minimum atomic E-state index is -0.918. The number of carbonyl (C=O) groups is 2. The first-order valence-electron chi connectivity index (χ1n) is 10.5. The lowest BCUT2D eigenvalue weighted by molar-refractivity contribution is -0.132. The van der Waals surface area contributed by atoms with E-state index < -0.39 is 17.7 Å². The van der Waals surface area contributed by atoms with Crippen LogP contribution in [0, 0.1) is 6.92 Å². The number of ether oxygens (including phenoxy) is 1. The maximum absolute atomic E-state index is 13.2. The molecule has 1 amide bonds. The number of aliphatic hydroxyl groups excluding tert-OH is 1. The Hall–Kier alpha value is -3.64. The molecule has 0 radical (unpaired) electrons. The molecule has 3 aromatic rings. The summed E-state index contributed by atoms with van der Waals surface area (Å²) in [6.45, 7) is 5.57. The third-order valence-electron chi connectivity index (χ3n) is 5.39. The smallest absolute Gasteiger partial charge is 0.300 e. The number of pyridine rings is 1. The van der Waals surface area contributed by atoms with Gasteiger partial charge in [-0.1, -0.05) is 35.9 Å². The number of ketones is 1. The number of anilines is 1. The molecule has 6 nitrogen and oxygen atoms in total. The number of halogens is 1. The van der Waals surface area contributed by atoms with Gasteiger partial charge in [0, 0.05) is 22.5 Å². The van der Waals surface area contributed by atoms with E-state index >= 15 is 0 Å². The van der Waals surface area contributed by atoms with Crippen LogP contribution < -0.4 is 9.64 Å². The first kappa shape index (κ1) is 22.6. The molecule has 0 saturated carbocycles. The highest BCUT2D eigenvalue weighted by atomic mass is 35.5. The normalized spacial score (nSPS) is 17.6. The van der Waals surface area contributed by atoms with Crippen molar-refractivity contribution < 1.29 is 19.4 Å². The molecule has 1 fully saturated rings. The molecule has 1 saturated heterocycles. The predicted octanol–water partition coefficient (Wildman–Crippen LogP) is 5.46. The van der Waals surface area contributed by atoms with Gasteiger partial charge in [0.1, 0.15) is 17.6 Å². The number of Topliss-reactive ketones (excluding diaryl/α,β-unsaturated/α-hetero) is 1. The van der Waals surface area contributed by atoms with Crippen molar-refractivity contribution in [2.75, 3.05) is 4.90 Å². The zero-order chi connectivity index (χ0) is 23.7. The van der Waals surface area contributed by atoms with Crippen LogP contribution in [0.5, 0.6) is 5.75 Å². The lowest BCUT2D eigenvalue weighted by Gasteiger charge is -2.26. The van der Waals surface area contributed by atoms with Crippen LogP contribution in [0.4, 0.5) is 5.69 Å². The summed E-state index contributed by atoms with van der Waals surface area (Å²) < 4.78 is 5.72. The van der Waals surface area contributed by atoms with Crippen LogP contribution in [-0.4, -0.2) is 27.9 Å². The van der Waals surface area contributed by atoms with Gasteiger partial charge in [-0.15, -0.1) is 0 Å². The number of hydrogen-bond donors (Lipinski definition) is 1. The van der Waals surface area contributed by atoms with Gasteiger partial charge >= 0.3 is 0 Å². The van der Waals surface area contributed by atoms with Crippen molar-refractivity contribution >= 4 is 34.7 Å². The van der Waals surface area contributed by atoms with Crippen molar-refractivity contribution in [2.24, 2.45) is 0 Å². The molecule has 0 bridgehead atoms. The van der Waals surface area contributed by atoms with E-state index in [-0.39, 0.29) is 17.4 Å². The number of aliphatic hydroxyl groups is 1. The average Bonchev–Trinajstić information content (AvgIpc) is 3.06. The Labute approximate surface area is 197 Å². The van der Waals surface area contributed by atoms with Crippen LogP contribution >= 0.6 is 11.6 Å². The number of benzene rings is 2. The van der Waals surface area contributed by atoms with E-state index in [0.717, 1.165) is 0 Å². The second-order valence-electron chi connectivity index (χ2n) is 8.00. The molecule has 33 heavy (non-hydrogen) atoms. The third-order valence-corrected chi connectivity index (χ3v) is 5.80. The van der Waals surface area contributed by atoms with Gasteiger partial charge in [0.05, 0.1) is 17.4 Å². The SMILES string of the molecule is Cc1c(Cl)cccc1N1C(=O)C(=O)/C(=C(/O)c2cccc(OC(C)C)c2)C1c1ccccn1. The topological polar surface area (TPSA) is 79.7 Å². The monoisotopic (exact) mass is 462 g/mol. The molecule has 0 spiro atoms. The van der Waals surface area contributed by atoms with Crippen molar-refractivity contribution in [3.8, 4) is 5.75 Å². The number of nitrogens with zero attached hydrogens (tertiary/aromatic N) is 2. The van der Waals surface area contributed by atoms with E-state index in [1.165, 1.54) is 4.90 Å². The predicted molar refractivity (Wildman–Crippen MR) is 127 cm³/mol. The Balaban J connectivity index is 1.93. The lowest BCUT2D eigenvalue weighted by atomic mass is 9.98. The fourth-order valence-corrected chi connectivity index (χ4v) is 4.07. The maximum Gasteiger partial charge on any atom is 0.300 e. The quantitative estimate of drug-likeness (QED) is 0.309. The minimum Gasteiger partial charge on any atom is -0.507 e. The van der Waals surface area contributed by atoms with Gasteiger partial charge in [-0.05, 0) is 62.7 Å². The minimum absolute atomic E-state index is 0.0419. The molecule has 0 aliphatic carbocycles. The Morgan fingerprint density at radius 2 is 1.85 bits per heavy atom. The van der Waals surface area contributed by atoms with Crippen LogP contribution in [0.15, 0.2) is 72.4 Å². The molecule has 1 aromatic heterocycles. The molecule has 1 aliphatic heterocycles. The summed E-state index contributed by atoms with van der Waals surface area (Å²) in [6, 6.07) is 16.3. The first-order valence-corrected chi connectivity index (χ1v) is 10.9. The summed E-state index contributed by atoms with van der Waals surface area (Å²) in [5.41, 5.74) is 1.91. The van der Waals surface area contributed by atoms with Crippen LogP contribution in [-0.2, 0) is 9.59 Å². The van der Waals surface area contributed by atoms with E-state index in [2.05, 4.69) is 4.98 Å². The van der Waals surface area contributed by atoms with Crippen molar-refractivity contribution in [1.82, 2.24) is 4.98 Å². The Morgan fingerprint density at radius 1 is 1.09 bits per heavy atom. The van der Waals surface area contributed by atoms with Crippen LogP contribution in [0.3, 0.4) is 0 Å². The van der Waals surface area contributed by atoms with Gasteiger partial charge in [-0.2, -0.15) is 0 Å². The average molecular weight is 463 g/mol. The van der Waals surface area contributed by atoms with E-state index in [1.807, 2.05) is 13.8 Å². The summed E-state index contributed by atoms with van der Waals surface area (Å²) in [7, 11) is 0. The highest BCUT2D eigenvalue weighted by Gasteiger charge is 2.48. The van der Waals surface area contributed by atoms with Crippen molar-refractivity contribution in [2.45, 2.75) is 32.9 Å². The molecule has 1 aliphatic rings. The van der Waals surface area contributed by atoms with Gasteiger partial charge in [0.2, 0.25) is 0 Å². The third kappa shape index (κ3) is 4.22. The van der Waals surface area contributed by atoms with Crippen LogP contribution in [0.25, 0.3) is 5.76 Å². The van der Waals surface area contributed by atoms with Gasteiger partial charge < -0.3 is 9.84 Å². The van der Waals surface area contributed by atoms with Crippen LogP contribution in [0.1, 0.15) is 36.7 Å². The summed E-state index contributed by atoms with van der Waals surface area (Å²) in [6.07, 6.45) is 1.52. The van der Waals surface area contributed by atoms with E-state index in [0.29, 0.717) is 33.3 Å².